The topological polar surface area (TPSA) is 58.2 Å². The number of alkyl halides is 3. The third-order valence-corrected chi connectivity index (χ3v) is 5.32. The molecule has 0 radical (unpaired) electrons. The molecule has 1 aromatic carbocycles. The molecule has 23 heavy (non-hydrogen) atoms. The van der Waals surface area contributed by atoms with E-state index in [0.29, 0.717) is 6.54 Å². The van der Waals surface area contributed by atoms with Crippen LogP contribution in [-0.4, -0.2) is 28.1 Å². The number of hydrogen-bond donors (Lipinski definition) is 2. The van der Waals surface area contributed by atoms with Crippen LogP contribution in [0.5, 0.6) is 0 Å². The van der Waals surface area contributed by atoms with Gasteiger partial charge in [-0.15, -0.1) is 12.4 Å². The van der Waals surface area contributed by atoms with Crippen LogP contribution >= 0.6 is 12.4 Å². The van der Waals surface area contributed by atoms with Crippen molar-refractivity contribution in [3.63, 3.8) is 0 Å². The third kappa shape index (κ3) is 5.07. The molecule has 1 aromatic rings. The van der Waals surface area contributed by atoms with Gasteiger partial charge >= 0.3 is 6.18 Å². The molecule has 1 unspecified atom stereocenters. The Labute approximate surface area is 140 Å². The summed E-state index contributed by atoms with van der Waals surface area (Å²) in [6.45, 7) is 3.53. The molecule has 9 heteroatoms. The number of rotatable bonds is 4. The lowest BCUT2D eigenvalue weighted by Gasteiger charge is -2.34. The minimum Gasteiger partial charge on any atom is -0.316 e. The second-order valence-electron chi connectivity index (χ2n) is 5.91. The van der Waals surface area contributed by atoms with Gasteiger partial charge in [-0.1, -0.05) is 19.1 Å². The molecule has 1 atom stereocenters. The monoisotopic (exact) mass is 372 g/mol. The molecule has 1 saturated heterocycles. The van der Waals surface area contributed by atoms with E-state index in [9.17, 15) is 21.6 Å². The summed E-state index contributed by atoms with van der Waals surface area (Å²) in [4.78, 5) is -0.727. The van der Waals surface area contributed by atoms with E-state index >= 15 is 0 Å². The number of halogens is 4. The van der Waals surface area contributed by atoms with E-state index in [2.05, 4.69) is 10.0 Å². The molecule has 1 fully saturated rings. The van der Waals surface area contributed by atoms with E-state index in [1.807, 2.05) is 6.92 Å². The summed E-state index contributed by atoms with van der Waals surface area (Å²) in [5, 5.41) is 3.17. The number of benzene rings is 1. The molecule has 0 aromatic heterocycles. The average molecular weight is 373 g/mol. The van der Waals surface area contributed by atoms with Crippen molar-refractivity contribution in [2.45, 2.75) is 30.8 Å². The highest BCUT2D eigenvalue weighted by Gasteiger charge is 2.37. The predicted molar refractivity (Wildman–Crippen MR) is 84.1 cm³/mol. The second-order valence-corrected chi connectivity index (χ2v) is 7.64. The highest BCUT2D eigenvalue weighted by atomic mass is 35.5. The molecule has 4 nitrogen and oxygen atoms in total. The van der Waals surface area contributed by atoms with Gasteiger partial charge < -0.3 is 5.32 Å². The summed E-state index contributed by atoms with van der Waals surface area (Å²) in [5.74, 6) is 0. The zero-order valence-electron chi connectivity index (χ0n) is 12.6. The summed E-state index contributed by atoms with van der Waals surface area (Å²) >= 11 is 0. The molecule has 0 saturated carbocycles. The first-order valence-electron chi connectivity index (χ1n) is 7.01. The van der Waals surface area contributed by atoms with Crippen LogP contribution in [0, 0.1) is 5.41 Å². The first-order valence-corrected chi connectivity index (χ1v) is 8.49. The molecule has 1 heterocycles. The second kappa shape index (κ2) is 7.38. The van der Waals surface area contributed by atoms with Crippen molar-refractivity contribution in [1.29, 1.82) is 0 Å². The van der Waals surface area contributed by atoms with Gasteiger partial charge in [0.15, 0.2) is 0 Å². The average Bonchev–Trinajstić information content (AvgIpc) is 2.45. The SMILES string of the molecule is CC1(CNS(=O)(=O)c2ccccc2C(F)(F)F)CCCNC1.Cl. The summed E-state index contributed by atoms with van der Waals surface area (Å²) in [6.07, 6.45) is -2.97. The van der Waals surface area contributed by atoms with Gasteiger partial charge in [0, 0.05) is 13.1 Å². The van der Waals surface area contributed by atoms with E-state index in [1.54, 1.807) is 0 Å². The summed E-state index contributed by atoms with van der Waals surface area (Å²) < 4.78 is 65.7. The highest BCUT2D eigenvalue weighted by molar-refractivity contribution is 7.89. The van der Waals surface area contributed by atoms with Gasteiger partial charge in [-0.2, -0.15) is 13.2 Å². The van der Waals surface area contributed by atoms with Crippen LogP contribution in [0.25, 0.3) is 0 Å². The summed E-state index contributed by atoms with van der Waals surface area (Å²) in [6, 6.07) is 4.22. The fraction of sp³-hybridized carbons (Fsp3) is 0.571. The van der Waals surface area contributed by atoms with Crippen LogP contribution in [0.3, 0.4) is 0 Å². The standard InChI is InChI=1S/C14H19F3N2O2S.ClH/c1-13(7-4-8-18-9-13)10-19-22(20,21)12-6-3-2-5-11(12)14(15,16)17;/h2-3,5-6,18-19H,4,7-10H2,1H3;1H. The van der Waals surface area contributed by atoms with Gasteiger partial charge in [0.2, 0.25) is 10.0 Å². The Hall–Kier alpha value is -0.830. The predicted octanol–water partition coefficient (Wildman–Crippen LogP) is 2.80. The maximum absolute atomic E-state index is 12.9. The van der Waals surface area contributed by atoms with E-state index < -0.39 is 26.7 Å². The van der Waals surface area contributed by atoms with E-state index in [1.165, 1.54) is 12.1 Å². The van der Waals surface area contributed by atoms with Crippen LogP contribution in [-0.2, 0) is 16.2 Å². The summed E-state index contributed by atoms with van der Waals surface area (Å²) in [5.41, 5.74) is -1.44. The van der Waals surface area contributed by atoms with Crippen molar-refractivity contribution in [2.24, 2.45) is 5.41 Å². The minimum absolute atomic E-state index is 0. The molecular formula is C14H20ClF3N2O2S. The molecule has 132 valence electrons. The molecule has 0 amide bonds. The first-order chi connectivity index (χ1) is 10.1. The highest BCUT2D eigenvalue weighted by Crippen LogP contribution is 2.34. The normalized spacial score (nSPS) is 22.4. The Morgan fingerprint density at radius 1 is 1.30 bits per heavy atom. The number of hydrogen-bond acceptors (Lipinski definition) is 3. The molecule has 1 aliphatic heterocycles. The maximum Gasteiger partial charge on any atom is 0.417 e. The van der Waals surface area contributed by atoms with Gasteiger partial charge in [0.1, 0.15) is 0 Å². The van der Waals surface area contributed by atoms with Crippen LogP contribution in [0.15, 0.2) is 29.2 Å². The van der Waals surface area contributed by atoms with Gasteiger partial charge in [-0.3, -0.25) is 0 Å². The lowest BCUT2D eigenvalue weighted by Crippen LogP contribution is -2.45. The van der Waals surface area contributed by atoms with Crippen molar-refractivity contribution in [3.05, 3.63) is 29.8 Å². The largest absolute Gasteiger partial charge is 0.417 e. The number of piperidine rings is 1. The molecule has 0 spiro atoms. The number of nitrogens with one attached hydrogen (secondary N) is 2. The number of sulfonamides is 1. The van der Waals surface area contributed by atoms with Gasteiger partial charge in [-0.05, 0) is 36.9 Å². The first kappa shape index (κ1) is 20.2. The van der Waals surface area contributed by atoms with Crippen LogP contribution in [0.2, 0.25) is 0 Å². The van der Waals surface area contributed by atoms with E-state index in [4.69, 9.17) is 0 Å². The van der Waals surface area contributed by atoms with Crippen molar-refractivity contribution in [2.75, 3.05) is 19.6 Å². The smallest absolute Gasteiger partial charge is 0.316 e. The summed E-state index contributed by atoms with van der Waals surface area (Å²) in [7, 11) is -4.21. The fourth-order valence-electron chi connectivity index (χ4n) is 2.55. The Bertz CT molecular complexity index is 629. The Morgan fingerprint density at radius 3 is 2.52 bits per heavy atom. The van der Waals surface area contributed by atoms with Crippen LogP contribution in [0.4, 0.5) is 13.2 Å². The molecule has 0 aliphatic carbocycles. The van der Waals surface area contributed by atoms with Crippen molar-refractivity contribution in [3.8, 4) is 0 Å². The van der Waals surface area contributed by atoms with Crippen molar-refractivity contribution >= 4 is 22.4 Å². The molecule has 1 aliphatic rings. The molecule has 2 N–H and O–H groups in total. The van der Waals surface area contributed by atoms with Gasteiger partial charge in [0.05, 0.1) is 10.5 Å². The lowest BCUT2D eigenvalue weighted by molar-refractivity contribution is -0.139. The van der Waals surface area contributed by atoms with Crippen LogP contribution in [0.1, 0.15) is 25.3 Å². The Morgan fingerprint density at radius 2 is 1.96 bits per heavy atom. The van der Waals surface area contributed by atoms with E-state index in [-0.39, 0.29) is 24.4 Å². The lowest BCUT2D eigenvalue weighted by atomic mass is 9.83. The van der Waals surface area contributed by atoms with Gasteiger partial charge in [-0.25, -0.2) is 13.1 Å². The minimum atomic E-state index is -4.71. The maximum atomic E-state index is 12.9. The van der Waals surface area contributed by atoms with Crippen LogP contribution < -0.4 is 10.0 Å². The van der Waals surface area contributed by atoms with Crippen molar-refractivity contribution < 1.29 is 21.6 Å². The Balaban J connectivity index is 0.00000264. The molecular weight excluding hydrogens is 353 g/mol. The van der Waals surface area contributed by atoms with E-state index in [0.717, 1.165) is 31.5 Å². The fourth-order valence-corrected chi connectivity index (χ4v) is 3.98. The Kier molecular flexibility index (Phi) is 6.48. The van der Waals surface area contributed by atoms with Crippen molar-refractivity contribution in [1.82, 2.24) is 10.0 Å². The van der Waals surface area contributed by atoms with Gasteiger partial charge in [0.25, 0.3) is 0 Å². The quantitative estimate of drug-likeness (QED) is 0.854. The molecule has 0 bridgehead atoms. The zero-order valence-corrected chi connectivity index (χ0v) is 14.2. The zero-order chi connectivity index (χ0) is 16.4. The third-order valence-electron chi connectivity index (χ3n) is 3.86. The molecule has 2 rings (SSSR count).